The number of hydrogen-bond donors (Lipinski definition) is 2. The van der Waals surface area contributed by atoms with E-state index in [-0.39, 0.29) is 42.0 Å². The van der Waals surface area contributed by atoms with Gasteiger partial charge in [0.25, 0.3) is 0 Å². The lowest BCUT2D eigenvalue weighted by Gasteiger charge is -2.32. The summed E-state index contributed by atoms with van der Waals surface area (Å²) >= 11 is 0. The van der Waals surface area contributed by atoms with Crippen molar-refractivity contribution in [1.82, 2.24) is 15.5 Å². The van der Waals surface area contributed by atoms with E-state index in [9.17, 15) is 9.59 Å². The summed E-state index contributed by atoms with van der Waals surface area (Å²) in [5.41, 5.74) is -0.680. The minimum Gasteiger partial charge on any atom is -0.403 e. The molecule has 0 radical (unpaired) electrons. The van der Waals surface area contributed by atoms with Gasteiger partial charge >= 0.3 is 13.1 Å². The average molecular weight is 351 g/mol. The number of nitrogens with zero attached hydrogens (tertiary/aromatic N) is 1. The van der Waals surface area contributed by atoms with Gasteiger partial charge in [0, 0.05) is 37.9 Å². The number of nitrogens with one attached hydrogen (secondary N) is 2. The van der Waals surface area contributed by atoms with Crippen molar-refractivity contribution < 1.29 is 18.9 Å². The van der Waals surface area contributed by atoms with Crippen molar-refractivity contribution >= 4 is 19.1 Å². The number of rotatable bonds is 5. The highest BCUT2D eigenvalue weighted by Crippen LogP contribution is 2.42. The zero-order valence-electron chi connectivity index (χ0n) is 15.8. The number of likely N-dealkylation sites (tertiary alicyclic amines) is 1. The van der Waals surface area contributed by atoms with Crippen LogP contribution < -0.4 is 10.6 Å². The van der Waals surface area contributed by atoms with E-state index in [0.29, 0.717) is 26.2 Å². The van der Waals surface area contributed by atoms with Gasteiger partial charge in [0.05, 0.1) is 11.2 Å². The summed E-state index contributed by atoms with van der Waals surface area (Å²) in [6, 6.07) is -0.0836. The van der Waals surface area contributed by atoms with Crippen molar-refractivity contribution in [3.05, 3.63) is 0 Å². The molecule has 3 aliphatic rings. The van der Waals surface area contributed by atoms with Crippen LogP contribution in [0.3, 0.4) is 0 Å². The summed E-state index contributed by atoms with van der Waals surface area (Å²) in [6.45, 7) is 10.5. The Morgan fingerprint density at radius 1 is 1.04 bits per heavy atom. The molecule has 140 valence electrons. The second kappa shape index (κ2) is 6.80. The van der Waals surface area contributed by atoms with Crippen molar-refractivity contribution in [2.24, 2.45) is 5.92 Å². The third-order valence-electron chi connectivity index (χ3n) is 5.82. The fraction of sp³-hybridized carbons (Fsp3) is 0.882. The lowest BCUT2D eigenvalue weighted by Crippen LogP contribution is -2.42. The van der Waals surface area contributed by atoms with Crippen LogP contribution in [-0.2, 0) is 14.1 Å². The minimum absolute atomic E-state index is 0.0836. The molecule has 0 aromatic heterocycles. The van der Waals surface area contributed by atoms with Crippen LogP contribution in [0.4, 0.5) is 4.79 Å². The Morgan fingerprint density at radius 3 is 2.24 bits per heavy atom. The molecule has 2 saturated heterocycles. The molecule has 25 heavy (non-hydrogen) atoms. The first-order valence-corrected chi connectivity index (χ1v) is 9.36. The molecule has 2 N–H and O–H groups in total. The molecule has 3 fully saturated rings. The number of carbonyl (C=O) groups is 2. The molecular formula is C17H30BN3O4. The molecule has 3 amide bonds. The molecular weight excluding hydrogens is 321 g/mol. The molecule has 1 atom stereocenters. The van der Waals surface area contributed by atoms with E-state index in [0.717, 1.165) is 19.3 Å². The van der Waals surface area contributed by atoms with Crippen LogP contribution in [0, 0.1) is 5.92 Å². The smallest absolute Gasteiger partial charge is 0.403 e. The van der Waals surface area contributed by atoms with Crippen LogP contribution in [-0.4, -0.2) is 61.3 Å². The zero-order chi connectivity index (χ0) is 18.2. The van der Waals surface area contributed by atoms with Gasteiger partial charge in [-0.2, -0.15) is 0 Å². The average Bonchev–Trinajstić information content (AvgIpc) is 3.21. The van der Waals surface area contributed by atoms with Crippen molar-refractivity contribution in [2.75, 3.05) is 26.2 Å². The van der Waals surface area contributed by atoms with Crippen molar-refractivity contribution in [1.29, 1.82) is 0 Å². The summed E-state index contributed by atoms with van der Waals surface area (Å²) in [4.78, 5) is 25.6. The molecule has 2 aliphatic heterocycles. The molecule has 1 unspecified atom stereocenters. The molecule has 0 bridgehead atoms. The third-order valence-corrected chi connectivity index (χ3v) is 5.82. The second-order valence-corrected chi connectivity index (χ2v) is 8.42. The number of urea groups is 1. The van der Waals surface area contributed by atoms with Crippen LogP contribution in [0.15, 0.2) is 0 Å². The van der Waals surface area contributed by atoms with Gasteiger partial charge in [0.15, 0.2) is 0 Å². The monoisotopic (exact) mass is 351 g/mol. The lowest BCUT2D eigenvalue weighted by molar-refractivity contribution is -0.122. The van der Waals surface area contributed by atoms with Crippen molar-refractivity contribution in [2.45, 2.75) is 64.0 Å². The number of hydrogen-bond acceptors (Lipinski definition) is 4. The summed E-state index contributed by atoms with van der Waals surface area (Å²) in [6.07, 6.45) is 2.86. The normalized spacial score (nSPS) is 27.4. The molecule has 0 aromatic rings. The highest BCUT2D eigenvalue weighted by molar-refractivity contribution is 6.47. The maximum atomic E-state index is 12.3. The van der Waals surface area contributed by atoms with Crippen LogP contribution in [0.5, 0.6) is 0 Å². The molecule has 7 nitrogen and oxygen atoms in total. The third kappa shape index (κ3) is 4.11. The van der Waals surface area contributed by atoms with Gasteiger partial charge in [0.2, 0.25) is 5.91 Å². The maximum absolute atomic E-state index is 12.3. The lowest BCUT2D eigenvalue weighted by atomic mass is 9.71. The molecule has 0 aromatic carbocycles. The topological polar surface area (TPSA) is 79.9 Å². The Hall–Kier alpha value is -1.28. The Kier molecular flexibility index (Phi) is 5.03. The Morgan fingerprint density at radius 2 is 1.64 bits per heavy atom. The number of amides is 3. The first kappa shape index (κ1) is 18.5. The maximum Gasteiger partial charge on any atom is 0.463 e. The summed E-state index contributed by atoms with van der Waals surface area (Å²) in [7, 11) is -0.263. The van der Waals surface area contributed by atoms with Gasteiger partial charge < -0.3 is 24.8 Å². The molecule has 2 heterocycles. The van der Waals surface area contributed by atoms with Crippen LogP contribution in [0.25, 0.3) is 0 Å². The Labute approximate surface area is 150 Å². The minimum atomic E-state index is -0.340. The van der Waals surface area contributed by atoms with Crippen LogP contribution in [0.1, 0.15) is 47.0 Å². The summed E-state index contributed by atoms with van der Waals surface area (Å²) < 4.78 is 12.2. The molecule has 0 spiro atoms. The fourth-order valence-corrected chi connectivity index (χ4v) is 3.23. The largest absolute Gasteiger partial charge is 0.463 e. The van der Waals surface area contributed by atoms with Gasteiger partial charge in [-0.15, -0.1) is 0 Å². The van der Waals surface area contributed by atoms with Crippen molar-refractivity contribution in [3.63, 3.8) is 0 Å². The molecule has 3 rings (SSSR count). The first-order valence-electron chi connectivity index (χ1n) is 9.36. The van der Waals surface area contributed by atoms with Gasteiger partial charge in [-0.3, -0.25) is 4.79 Å². The van der Waals surface area contributed by atoms with Crippen LogP contribution >= 0.6 is 0 Å². The SMILES string of the molecule is CC1(C)OB(C2CCN(C(=O)NCCNC(=O)C3CC3)C2)OC1(C)C. The Balaban J connectivity index is 1.38. The predicted octanol–water partition coefficient (Wildman–Crippen LogP) is 1.39. The first-order chi connectivity index (χ1) is 11.7. The van der Waals surface area contributed by atoms with E-state index in [4.69, 9.17) is 9.31 Å². The van der Waals surface area contributed by atoms with E-state index >= 15 is 0 Å². The van der Waals surface area contributed by atoms with Gasteiger partial charge in [0.1, 0.15) is 0 Å². The van der Waals surface area contributed by atoms with E-state index in [1.165, 1.54) is 0 Å². The predicted molar refractivity (Wildman–Crippen MR) is 95.2 cm³/mol. The van der Waals surface area contributed by atoms with Gasteiger partial charge in [-0.05, 0) is 47.0 Å². The standard InChI is InChI=1S/C17H30BN3O4/c1-16(2)17(3,4)25-18(24-16)13-7-10-21(11-13)15(23)20-9-8-19-14(22)12-5-6-12/h12-13H,5-11H2,1-4H3,(H,19,22)(H,20,23). The van der Waals surface area contributed by atoms with Gasteiger partial charge in [-0.1, -0.05) is 0 Å². The highest BCUT2D eigenvalue weighted by atomic mass is 16.7. The summed E-state index contributed by atoms with van der Waals surface area (Å²) in [5, 5.41) is 5.72. The van der Waals surface area contributed by atoms with E-state index in [2.05, 4.69) is 10.6 Å². The van der Waals surface area contributed by atoms with Crippen molar-refractivity contribution in [3.8, 4) is 0 Å². The van der Waals surface area contributed by atoms with E-state index in [1.807, 2.05) is 27.7 Å². The molecule has 1 aliphatic carbocycles. The molecule has 1 saturated carbocycles. The Bertz CT molecular complexity index is 520. The summed E-state index contributed by atoms with van der Waals surface area (Å²) in [5.74, 6) is 0.507. The number of carbonyl (C=O) groups excluding carboxylic acids is 2. The zero-order valence-corrected chi connectivity index (χ0v) is 15.8. The van der Waals surface area contributed by atoms with E-state index < -0.39 is 0 Å². The van der Waals surface area contributed by atoms with Crippen LogP contribution in [0.2, 0.25) is 5.82 Å². The fourth-order valence-electron chi connectivity index (χ4n) is 3.23. The van der Waals surface area contributed by atoms with Gasteiger partial charge in [-0.25, -0.2) is 4.79 Å². The molecule has 8 heteroatoms. The quantitative estimate of drug-likeness (QED) is 0.580. The van der Waals surface area contributed by atoms with E-state index in [1.54, 1.807) is 4.90 Å². The highest BCUT2D eigenvalue weighted by Gasteiger charge is 2.54. The second-order valence-electron chi connectivity index (χ2n) is 8.42.